The average molecular weight is 313 g/mol. The van der Waals surface area contributed by atoms with Crippen molar-refractivity contribution in [3.8, 4) is 5.69 Å². The van der Waals surface area contributed by atoms with Crippen LogP contribution in [0.25, 0.3) is 5.69 Å². The molecule has 2 aromatic rings. The van der Waals surface area contributed by atoms with E-state index < -0.39 is 6.09 Å². The average Bonchev–Trinajstić information content (AvgIpc) is 2.82. The van der Waals surface area contributed by atoms with Gasteiger partial charge in [0.2, 0.25) is 4.80 Å². The molecule has 0 aliphatic rings. The van der Waals surface area contributed by atoms with Gasteiger partial charge in [-0.1, -0.05) is 23.7 Å². The number of aromatic nitrogens is 1. The number of para-hydroxylation sites is 1. The maximum Gasteiger partial charge on any atom is 0.436 e. The molecule has 1 aromatic carbocycles. The minimum Gasteiger partial charge on any atom is -0.448 e. The minimum atomic E-state index is -0.667. The predicted octanol–water partition coefficient (Wildman–Crippen LogP) is 2.74. The topological polar surface area (TPSA) is 63.8 Å². The first-order valence-corrected chi connectivity index (χ1v) is 7.19. The summed E-state index contributed by atoms with van der Waals surface area (Å²) >= 11 is 7.39. The maximum atomic E-state index is 11.5. The zero-order chi connectivity index (χ0) is 14.5. The van der Waals surface area contributed by atoms with Crippen LogP contribution in [-0.2, 0) is 11.3 Å². The molecule has 5 nitrogen and oxygen atoms in total. The number of carbonyl (C=O) groups excluding carboxylic acids is 1. The fraction of sp³-hybridized carbons (Fsp3) is 0.231. The van der Waals surface area contributed by atoms with Crippen LogP contribution >= 0.6 is 22.9 Å². The smallest absolute Gasteiger partial charge is 0.436 e. The Balaban J connectivity index is 2.59. The number of hydrogen-bond donors (Lipinski definition) is 1. The van der Waals surface area contributed by atoms with Crippen molar-refractivity contribution in [3.63, 3.8) is 0 Å². The van der Waals surface area contributed by atoms with E-state index in [9.17, 15) is 9.90 Å². The van der Waals surface area contributed by atoms with Crippen LogP contribution in [0.1, 0.15) is 12.6 Å². The number of hydrogen-bond acceptors (Lipinski definition) is 4. The normalized spacial score (nSPS) is 11.7. The Bertz CT molecular complexity index is 678. The molecule has 0 saturated carbocycles. The Morgan fingerprint density at radius 3 is 2.90 bits per heavy atom. The molecule has 1 heterocycles. The van der Waals surface area contributed by atoms with E-state index in [2.05, 4.69) is 4.99 Å². The van der Waals surface area contributed by atoms with Gasteiger partial charge in [0.05, 0.1) is 29.6 Å². The molecule has 0 spiro atoms. The maximum absolute atomic E-state index is 11.5. The second kappa shape index (κ2) is 6.69. The molecule has 1 amide bonds. The highest BCUT2D eigenvalue weighted by Gasteiger charge is 2.11. The number of aliphatic hydroxyl groups is 1. The van der Waals surface area contributed by atoms with Gasteiger partial charge in [-0.25, -0.2) is 4.79 Å². The number of nitrogens with zero attached hydrogens (tertiary/aromatic N) is 2. The zero-order valence-electron chi connectivity index (χ0n) is 10.7. The number of aliphatic hydroxyl groups excluding tert-OH is 1. The molecular formula is C13H13ClN2O3S. The highest BCUT2D eigenvalue weighted by atomic mass is 35.5. The van der Waals surface area contributed by atoms with Crippen molar-refractivity contribution in [1.29, 1.82) is 0 Å². The SMILES string of the molecule is CCOC(=O)N=c1scc(CO)n1-c1ccccc1Cl. The van der Waals surface area contributed by atoms with Gasteiger partial charge in [0.25, 0.3) is 0 Å². The van der Waals surface area contributed by atoms with Gasteiger partial charge in [-0.05, 0) is 19.1 Å². The van der Waals surface area contributed by atoms with Gasteiger partial charge in [-0.3, -0.25) is 4.57 Å². The van der Waals surface area contributed by atoms with Crippen LogP contribution in [0, 0.1) is 0 Å². The van der Waals surface area contributed by atoms with E-state index in [1.165, 1.54) is 11.3 Å². The molecule has 0 unspecified atom stereocenters. The third-order valence-electron chi connectivity index (χ3n) is 2.49. The molecule has 106 valence electrons. The number of amides is 1. The van der Waals surface area contributed by atoms with E-state index in [1.807, 2.05) is 6.07 Å². The monoisotopic (exact) mass is 312 g/mol. The van der Waals surface area contributed by atoms with E-state index >= 15 is 0 Å². The second-order valence-electron chi connectivity index (χ2n) is 3.77. The third-order valence-corrected chi connectivity index (χ3v) is 3.68. The fourth-order valence-electron chi connectivity index (χ4n) is 1.66. The number of ether oxygens (including phenoxy) is 1. The first kappa shape index (κ1) is 14.8. The second-order valence-corrected chi connectivity index (χ2v) is 5.01. The van der Waals surface area contributed by atoms with Gasteiger partial charge in [0, 0.05) is 5.38 Å². The Labute approximate surface area is 124 Å². The van der Waals surface area contributed by atoms with Crippen molar-refractivity contribution < 1.29 is 14.6 Å². The summed E-state index contributed by atoms with van der Waals surface area (Å²) in [6.45, 7) is 1.79. The van der Waals surface area contributed by atoms with Gasteiger partial charge in [0.15, 0.2) is 0 Å². The number of benzene rings is 1. The van der Waals surface area contributed by atoms with E-state index in [4.69, 9.17) is 16.3 Å². The number of rotatable bonds is 3. The summed E-state index contributed by atoms with van der Waals surface area (Å²) in [7, 11) is 0. The predicted molar refractivity (Wildman–Crippen MR) is 77.2 cm³/mol. The number of carbonyl (C=O) groups is 1. The molecule has 1 N–H and O–H groups in total. The van der Waals surface area contributed by atoms with Crippen LogP contribution in [0.5, 0.6) is 0 Å². The number of thiazole rings is 1. The summed E-state index contributed by atoms with van der Waals surface area (Å²) in [5, 5.41) is 11.6. The Kier molecular flexibility index (Phi) is 4.94. The molecule has 1 aromatic heterocycles. The quantitative estimate of drug-likeness (QED) is 0.947. The van der Waals surface area contributed by atoms with Gasteiger partial charge in [-0.2, -0.15) is 0 Å². The van der Waals surface area contributed by atoms with Crippen LogP contribution in [-0.4, -0.2) is 22.4 Å². The first-order chi connectivity index (χ1) is 9.67. The van der Waals surface area contributed by atoms with Gasteiger partial charge in [-0.15, -0.1) is 16.3 Å². The molecule has 0 radical (unpaired) electrons. The molecule has 0 aliphatic carbocycles. The largest absolute Gasteiger partial charge is 0.448 e. The lowest BCUT2D eigenvalue weighted by atomic mass is 10.3. The number of halogens is 1. The Hall–Kier alpha value is -1.63. The summed E-state index contributed by atoms with van der Waals surface area (Å²) in [5.74, 6) is 0. The molecule has 2 rings (SSSR count). The lowest BCUT2D eigenvalue weighted by Crippen LogP contribution is -2.18. The highest BCUT2D eigenvalue weighted by Crippen LogP contribution is 2.21. The van der Waals surface area contributed by atoms with Crippen molar-refractivity contribution in [3.05, 3.63) is 45.2 Å². The molecule has 0 saturated heterocycles. The fourth-order valence-corrected chi connectivity index (χ4v) is 2.75. The van der Waals surface area contributed by atoms with Crippen molar-refractivity contribution in [2.24, 2.45) is 4.99 Å². The van der Waals surface area contributed by atoms with Crippen LogP contribution in [0.15, 0.2) is 34.6 Å². The van der Waals surface area contributed by atoms with Crippen molar-refractivity contribution in [2.45, 2.75) is 13.5 Å². The lowest BCUT2D eigenvalue weighted by molar-refractivity contribution is 0.162. The Morgan fingerprint density at radius 1 is 1.50 bits per heavy atom. The van der Waals surface area contributed by atoms with E-state index in [0.29, 0.717) is 21.2 Å². The molecular weight excluding hydrogens is 300 g/mol. The summed E-state index contributed by atoms with van der Waals surface area (Å²) in [5.41, 5.74) is 1.26. The minimum absolute atomic E-state index is 0.180. The summed E-state index contributed by atoms with van der Waals surface area (Å²) in [6, 6.07) is 7.15. The summed E-state index contributed by atoms with van der Waals surface area (Å²) in [4.78, 5) is 15.8. The van der Waals surface area contributed by atoms with Crippen LogP contribution < -0.4 is 4.80 Å². The molecule has 0 fully saturated rings. The third kappa shape index (κ3) is 3.09. The van der Waals surface area contributed by atoms with Crippen molar-refractivity contribution >= 4 is 29.0 Å². The van der Waals surface area contributed by atoms with Crippen molar-refractivity contribution in [1.82, 2.24) is 4.57 Å². The molecule has 0 aliphatic heterocycles. The summed E-state index contributed by atoms with van der Waals surface area (Å²) in [6.07, 6.45) is -0.667. The standard InChI is InChI=1S/C13H13ClN2O3S/c1-2-19-13(18)15-12-16(9(7-17)8-20-12)11-6-4-3-5-10(11)14/h3-6,8,17H,2,7H2,1H3. The van der Waals surface area contributed by atoms with E-state index in [-0.39, 0.29) is 13.2 Å². The Morgan fingerprint density at radius 2 is 2.25 bits per heavy atom. The van der Waals surface area contributed by atoms with Crippen LogP contribution in [0.2, 0.25) is 5.02 Å². The zero-order valence-corrected chi connectivity index (χ0v) is 12.3. The lowest BCUT2D eigenvalue weighted by Gasteiger charge is -2.08. The van der Waals surface area contributed by atoms with Crippen LogP contribution in [0.3, 0.4) is 0 Å². The van der Waals surface area contributed by atoms with Gasteiger partial charge >= 0.3 is 6.09 Å². The summed E-state index contributed by atoms with van der Waals surface area (Å²) < 4.78 is 6.44. The van der Waals surface area contributed by atoms with E-state index in [1.54, 1.807) is 35.1 Å². The van der Waals surface area contributed by atoms with Crippen LogP contribution in [0.4, 0.5) is 4.79 Å². The molecule has 20 heavy (non-hydrogen) atoms. The highest BCUT2D eigenvalue weighted by molar-refractivity contribution is 7.07. The van der Waals surface area contributed by atoms with Gasteiger partial charge < -0.3 is 9.84 Å². The molecule has 7 heteroatoms. The van der Waals surface area contributed by atoms with Crippen molar-refractivity contribution in [2.75, 3.05) is 6.61 Å². The first-order valence-electron chi connectivity index (χ1n) is 5.94. The molecule has 0 bridgehead atoms. The van der Waals surface area contributed by atoms with E-state index in [0.717, 1.165) is 0 Å². The van der Waals surface area contributed by atoms with Gasteiger partial charge in [0.1, 0.15) is 0 Å². The molecule has 0 atom stereocenters.